The minimum absolute atomic E-state index is 0.134. The van der Waals surface area contributed by atoms with Crippen molar-refractivity contribution in [2.75, 3.05) is 0 Å². The molecule has 0 aliphatic heterocycles. The van der Waals surface area contributed by atoms with Gasteiger partial charge >= 0.3 is 0 Å². The standard InChI is InChI=1S/C17H10OS/c18-17-13-7-3-4-8-15(13)19-16-10-12-6-2-1-5-11(12)9-14(16)17/h1-10H. The molecule has 0 saturated heterocycles. The fourth-order valence-corrected chi connectivity index (χ4v) is 3.59. The second kappa shape index (κ2) is 3.90. The zero-order valence-electron chi connectivity index (χ0n) is 10.1. The van der Waals surface area contributed by atoms with Crippen molar-refractivity contribution in [2.45, 2.75) is 0 Å². The summed E-state index contributed by atoms with van der Waals surface area (Å²) >= 11 is 1.68. The lowest BCUT2D eigenvalue weighted by Gasteiger charge is -2.03. The largest absolute Gasteiger partial charge is 0.289 e. The van der Waals surface area contributed by atoms with Gasteiger partial charge in [0.25, 0.3) is 0 Å². The van der Waals surface area contributed by atoms with Crippen molar-refractivity contribution in [3.63, 3.8) is 0 Å². The van der Waals surface area contributed by atoms with Crippen LogP contribution in [0.3, 0.4) is 0 Å². The summed E-state index contributed by atoms with van der Waals surface area (Å²) in [6.45, 7) is 0. The topological polar surface area (TPSA) is 17.1 Å². The molecular formula is C17H10OS. The molecule has 0 unspecified atom stereocenters. The van der Waals surface area contributed by atoms with Gasteiger partial charge in [0.1, 0.15) is 0 Å². The van der Waals surface area contributed by atoms with E-state index in [-0.39, 0.29) is 5.43 Å². The van der Waals surface area contributed by atoms with Crippen LogP contribution in [0.4, 0.5) is 0 Å². The number of benzene rings is 3. The molecule has 1 aromatic heterocycles. The number of hydrogen-bond acceptors (Lipinski definition) is 2. The summed E-state index contributed by atoms with van der Waals surface area (Å²) in [6, 6.07) is 20.1. The number of fused-ring (bicyclic) bond motifs is 3. The highest BCUT2D eigenvalue weighted by Crippen LogP contribution is 2.28. The maximum Gasteiger partial charge on any atom is 0.195 e. The molecule has 0 aliphatic carbocycles. The second-order valence-corrected chi connectivity index (χ2v) is 5.71. The van der Waals surface area contributed by atoms with Crippen LogP contribution in [0.15, 0.2) is 65.5 Å². The van der Waals surface area contributed by atoms with Gasteiger partial charge < -0.3 is 0 Å². The maximum absolute atomic E-state index is 12.5. The molecule has 0 fully saturated rings. The van der Waals surface area contributed by atoms with Crippen molar-refractivity contribution >= 4 is 42.3 Å². The van der Waals surface area contributed by atoms with Gasteiger partial charge in [-0.25, -0.2) is 0 Å². The monoisotopic (exact) mass is 262 g/mol. The Balaban J connectivity index is 2.29. The summed E-state index contributed by atoms with van der Waals surface area (Å²) in [5.74, 6) is 0. The minimum Gasteiger partial charge on any atom is -0.289 e. The van der Waals surface area contributed by atoms with Crippen LogP contribution >= 0.6 is 11.3 Å². The van der Waals surface area contributed by atoms with Crippen LogP contribution in [-0.2, 0) is 0 Å². The summed E-state index contributed by atoms with van der Waals surface area (Å²) in [7, 11) is 0. The maximum atomic E-state index is 12.5. The smallest absolute Gasteiger partial charge is 0.195 e. The van der Waals surface area contributed by atoms with E-state index >= 15 is 0 Å². The molecule has 19 heavy (non-hydrogen) atoms. The van der Waals surface area contributed by atoms with Crippen molar-refractivity contribution in [3.8, 4) is 0 Å². The molecule has 4 aromatic rings. The Bertz CT molecular complexity index is 977. The second-order valence-electron chi connectivity index (χ2n) is 4.62. The Morgan fingerprint density at radius 2 is 1.37 bits per heavy atom. The van der Waals surface area contributed by atoms with Gasteiger partial charge in [0.15, 0.2) is 5.43 Å². The van der Waals surface area contributed by atoms with E-state index in [2.05, 4.69) is 12.1 Å². The Labute approximate surface area is 113 Å². The van der Waals surface area contributed by atoms with E-state index in [0.29, 0.717) is 0 Å². The summed E-state index contributed by atoms with van der Waals surface area (Å²) in [6.07, 6.45) is 0. The van der Waals surface area contributed by atoms with E-state index in [1.807, 2.05) is 48.5 Å². The number of hydrogen-bond donors (Lipinski definition) is 0. The molecule has 1 nitrogen and oxygen atoms in total. The van der Waals surface area contributed by atoms with Crippen LogP contribution in [0, 0.1) is 0 Å². The molecular weight excluding hydrogens is 252 g/mol. The minimum atomic E-state index is 0.134. The van der Waals surface area contributed by atoms with Gasteiger partial charge in [-0.15, -0.1) is 11.3 Å². The number of rotatable bonds is 0. The molecule has 4 rings (SSSR count). The highest BCUT2D eigenvalue weighted by atomic mass is 32.1. The van der Waals surface area contributed by atoms with Gasteiger partial charge in [-0.3, -0.25) is 4.79 Å². The Kier molecular flexibility index (Phi) is 2.20. The molecule has 3 aromatic carbocycles. The summed E-state index contributed by atoms with van der Waals surface area (Å²) in [4.78, 5) is 12.5. The molecule has 0 radical (unpaired) electrons. The van der Waals surface area contributed by atoms with Crippen molar-refractivity contribution in [1.29, 1.82) is 0 Å². The van der Waals surface area contributed by atoms with E-state index < -0.39 is 0 Å². The lowest BCUT2D eigenvalue weighted by atomic mass is 10.1. The average molecular weight is 262 g/mol. The summed E-state index contributed by atoms with van der Waals surface area (Å²) in [5, 5.41) is 3.94. The van der Waals surface area contributed by atoms with Crippen LogP contribution in [0.5, 0.6) is 0 Å². The van der Waals surface area contributed by atoms with Crippen molar-refractivity contribution in [1.82, 2.24) is 0 Å². The molecule has 2 heteroatoms. The highest BCUT2D eigenvalue weighted by molar-refractivity contribution is 7.24. The normalized spacial score (nSPS) is 11.4. The molecule has 0 N–H and O–H groups in total. The molecule has 0 atom stereocenters. The van der Waals surface area contributed by atoms with Crippen molar-refractivity contribution in [2.24, 2.45) is 0 Å². The zero-order chi connectivity index (χ0) is 12.8. The van der Waals surface area contributed by atoms with Crippen LogP contribution in [0.2, 0.25) is 0 Å². The van der Waals surface area contributed by atoms with E-state index in [1.165, 1.54) is 5.39 Å². The third-order valence-electron chi connectivity index (χ3n) is 3.44. The van der Waals surface area contributed by atoms with Crippen LogP contribution < -0.4 is 5.43 Å². The van der Waals surface area contributed by atoms with Crippen LogP contribution in [-0.4, -0.2) is 0 Å². The first-order chi connectivity index (χ1) is 9.33. The van der Waals surface area contributed by atoms with Gasteiger partial charge in [0.05, 0.1) is 0 Å². The third kappa shape index (κ3) is 1.57. The van der Waals surface area contributed by atoms with Crippen molar-refractivity contribution in [3.05, 3.63) is 70.9 Å². The lowest BCUT2D eigenvalue weighted by molar-refractivity contribution is 1.76. The third-order valence-corrected chi connectivity index (χ3v) is 4.58. The SMILES string of the molecule is O=c1c2ccccc2sc2cc3ccccc3cc12. The molecule has 1 heterocycles. The van der Waals surface area contributed by atoms with Gasteiger partial charge in [0, 0.05) is 20.2 Å². The van der Waals surface area contributed by atoms with Gasteiger partial charge in [-0.1, -0.05) is 36.4 Å². The first-order valence-electron chi connectivity index (χ1n) is 6.17. The molecule has 0 bridgehead atoms. The van der Waals surface area contributed by atoms with Gasteiger partial charge in [0.2, 0.25) is 0 Å². The molecule has 0 saturated carbocycles. The van der Waals surface area contributed by atoms with Crippen molar-refractivity contribution < 1.29 is 0 Å². The quantitative estimate of drug-likeness (QED) is 0.424. The molecule has 0 amide bonds. The molecule has 0 spiro atoms. The Hall–Kier alpha value is -2.19. The first kappa shape index (κ1) is 10.7. The highest BCUT2D eigenvalue weighted by Gasteiger charge is 2.06. The lowest BCUT2D eigenvalue weighted by Crippen LogP contribution is -2.00. The summed E-state index contributed by atoms with van der Waals surface area (Å²) in [5.41, 5.74) is 0.134. The van der Waals surface area contributed by atoms with E-state index in [1.54, 1.807) is 11.3 Å². The van der Waals surface area contributed by atoms with Crippen LogP contribution in [0.1, 0.15) is 0 Å². The van der Waals surface area contributed by atoms with E-state index in [0.717, 1.165) is 25.6 Å². The Morgan fingerprint density at radius 1 is 0.684 bits per heavy atom. The molecule has 0 aliphatic rings. The predicted molar refractivity (Wildman–Crippen MR) is 83.1 cm³/mol. The molecule has 90 valence electrons. The zero-order valence-corrected chi connectivity index (χ0v) is 10.9. The first-order valence-corrected chi connectivity index (χ1v) is 6.99. The van der Waals surface area contributed by atoms with Gasteiger partial charge in [-0.05, 0) is 35.0 Å². The fourth-order valence-electron chi connectivity index (χ4n) is 2.49. The van der Waals surface area contributed by atoms with E-state index in [9.17, 15) is 4.79 Å². The fraction of sp³-hybridized carbons (Fsp3) is 0. The average Bonchev–Trinajstić information content (AvgIpc) is 2.46. The summed E-state index contributed by atoms with van der Waals surface area (Å²) < 4.78 is 2.11. The van der Waals surface area contributed by atoms with Gasteiger partial charge in [-0.2, -0.15) is 0 Å². The predicted octanol–water partition coefficient (Wildman–Crippen LogP) is 4.57. The van der Waals surface area contributed by atoms with E-state index in [4.69, 9.17) is 0 Å². The van der Waals surface area contributed by atoms with Crippen LogP contribution in [0.25, 0.3) is 30.9 Å². The Morgan fingerprint density at radius 3 is 2.21 bits per heavy atom.